The highest BCUT2D eigenvalue weighted by molar-refractivity contribution is 5.92. The van der Waals surface area contributed by atoms with Gasteiger partial charge in [-0.15, -0.1) is 0 Å². The Balaban J connectivity index is 1.61. The van der Waals surface area contributed by atoms with Gasteiger partial charge in [0.25, 0.3) is 5.91 Å². The lowest BCUT2D eigenvalue weighted by Crippen LogP contribution is -2.37. The summed E-state index contributed by atoms with van der Waals surface area (Å²) in [6, 6.07) is 14.9. The van der Waals surface area contributed by atoms with Gasteiger partial charge in [0.05, 0.1) is 11.3 Å². The molecule has 0 spiro atoms. The summed E-state index contributed by atoms with van der Waals surface area (Å²) in [6.07, 6.45) is 0.533. The molecule has 0 fully saturated rings. The standard InChI is InChI=1S/C22H24N4O3/c1-15-12-16(2)26(24-15)20-11-10-19(13-23-20)22(28)29-17(3)21(27)25(4)14-18-8-6-5-7-9-18/h5-13,17H,14H2,1-4H3. The summed E-state index contributed by atoms with van der Waals surface area (Å²) in [5.74, 6) is -0.250. The van der Waals surface area contributed by atoms with E-state index in [-0.39, 0.29) is 11.5 Å². The SMILES string of the molecule is Cc1cc(C)n(-c2ccc(C(=O)OC(C)C(=O)N(C)Cc3ccccc3)cn2)n1. The zero-order valence-electron chi connectivity index (χ0n) is 17.0. The van der Waals surface area contributed by atoms with Gasteiger partial charge < -0.3 is 9.64 Å². The van der Waals surface area contributed by atoms with Crippen LogP contribution in [0.4, 0.5) is 0 Å². The number of likely N-dealkylation sites (N-methyl/N-ethyl adjacent to an activating group) is 1. The number of amides is 1. The molecule has 0 saturated carbocycles. The zero-order chi connectivity index (χ0) is 21.0. The molecule has 3 aromatic rings. The minimum atomic E-state index is -0.896. The van der Waals surface area contributed by atoms with Crippen molar-refractivity contribution >= 4 is 11.9 Å². The summed E-state index contributed by atoms with van der Waals surface area (Å²) in [5.41, 5.74) is 3.12. The van der Waals surface area contributed by atoms with Gasteiger partial charge in [-0.05, 0) is 44.5 Å². The van der Waals surface area contributed by atoms with E-state index in [1.165, 1.54) is 11.1 Å². The van der Waals surface area contributed by atoms with Gasteiger partial charge >= 0.3 is 5.97 Å². The summed E-state index contributed by atoms with van der Waals surface area (Å²) in [7, 11) is 1.68. The van der Waals surface area contributed by atoms with Crippen molar-refractivity contribution in [1.82, 2.24) is 19.7 Å². The molecule has 0 N–H and O–H groups in total. The average Bonchev–Trinajstić information content (AvgIpc) is 3.06. The van der Waals surface area contributed by atoms with Gasteiger partial charge in [-0.1, -0.05) is 30.3 Å². The number of benzene rings is 1. The van der Waals surface area contributed by atoms with Crippen LogP contribution in [0.25, 0.3) is 5.82 Å². The number of nitrogens with zero attached hydrogens (tertiary/aromatic N) is 4. The maximum atomic E-state index is 12.5. The molecule has 150 valence electrons. The molecule has 2 heterocycles. The van der Waals surface area contributed by atoms with Crippen LogP contribution in [0.1, 0.15) is 34.2 Å². The smallest absolute Gasteiger partial charge is 0.340 e. The highest BCUT2D eigenvalue weighted by atomic mass is 16.5. The Bertz CT molecular complexity index is 997. The van der Waals surface area contributed by atoms with Gasteiger partial charge in [0.15, 0.2) is 11.9 Å². The van der Waals surface area contributed by atoms with Crippen molar-refractivity contribution in [3.05, 3.63) is 77.2 Å². The largest absolute Gasteiger partial charge is 0.449 e. The topological polar surface area (TPSA) is 77.3 Å². The van der Waals surface area contributed by atoms with Crippen molar-refractivity contribution in [3.63, 3.8) is 0 Å². The van der Waals surface area contributed by atoms with Crippen LogP contribution in [-0.2, 0) is 16.1 Å². The molecule has 7 nitrogen and oxygen atoms in total. The van der Waals surface area contributed by atoms with E-state index in [0.29, 0.717) is 12.4 Å². The van der Waals surface area contributed by atoms with Crippen LogP contribution in [0.15, 0.2) is 54.7 Å². The van der Waals surface area contributed by atoms with Crippen molar-refractivity contribution in [2.75, 3.05) is 7.05 Å². The first-order valence-electron chi connectivity index (χ1n) is 9.34. The van der Waals surface area contributed by atoms with Gasteiger partial charge in [-0.2, -0.15) is 5.10 Å². The van der Waals surface area contributed by atoms with Crippen LogP contribution in [0.3, 0.4) is 0 Å². The number of aryl methyl sites for hydroxylation is 2. The minimum absolute atomic E-state index is 0.269. The molecule has 7 heteroatoms. The van der Waals surface area contributed by atoms with Crippen molar-refractivity contribution in [2.45, 2.75) is 33.4 Å². The van der Waals surface area contributed by atoms with E-state index >= 15 is 0 Å². The summed E-state index contributed by atoms with van der Waals surface area (Å²) in [5, 5.41) is 4.37. The Morgan fingerprint density at radius 3 is 2.45 bits per heavy atom. The summed E-state index contributed by atoms with van der Waals surface area (Å²) in [4.78, 5) is 30.7. The van der Waals surface area contributed by atoms with Gasteiger partial charge in [-0.25, -0.2) is 14.5 Å². The van der Waals surface area contributed by atoms with Gasteiger partial charge in [0, 0.05) is 25.5 Å². The van der Waals surface area contributed by atoms with Crippen LogP contribution in [-0.4, -0.2) is 44.7 Å². The van der Waals surface area contributed by atoms with Gasteiger partial charge in [-0.3, -0.25) is 4.79 Å². The number of hydrogen-bond acceptors (Lipinski definition) is 5. The Labute approximate surface area is 169 Å². The fraction of sp³-hybridized carbons (Fsp3) is 0.273. The molecular formula is C22H24N4O3. The van der Waals surface area contributed by atoms with E-state index in [0.717, 1.165) is 17.0 Å². The lowest BCUT2D eigenvalue weighted by Gasteiger charge is -2.21. The van der Waals surface area contributed by atoms with Gasteiger partial charge in [0.2, 0.25) is 0 Å². The predicted molar refractivity (Wildman–Crippen MR) is 109 cm³/mol. The first kappa shape index (κ1) is 20.3. The second-order valence-corrected chi connectivity index (χ2v) is 6.97. The number of carbonyl (C=O) groups excluding carboxylic acids is 2. The molecule has 1 atom stereocenters. The molecule has 0 saturated heterocycles. The van der Waals surface area contributed by atoms with E-state index in [1.807, 2.05) is 50.2 Å². The fourth-order valence-electron chi connectivity index (χ4n) is 3.02. The normalized spacial score (nSPS) is 11.7. The molecule has 1 aromatic carbocycles. The Morgan fingerprint density at radius 2 is 1.86 bits per heavy atom. The third kappa shape index (κ3) is 4.87. The first-order chi connectivity index (χ1) is 13.8. The molecule has 2 aromatic heterocycles. The van der Waals surface area contributed by atoms with Crippen molar-refractivity contribution in [3.8, 4) is 5.82 Å². The van der Waals surface area contributed by atoms with Crippen molar-refractivity contribution in [1.29, 1.82) is 0 Å². The molecule has 0 aliphatic carbocycles. The highest BCUT2D eigenvalue weighted by Gasteiger charge is 2.22. The quantitative estimate of drug-likeness (QED) is 0.603. The van der Waals surface area contributed by atoms with Crippen LogP contribution in [0.2, 0.25) is 0 Å². The second kappa shape index (κ2) is 8.68. The number of rotatable bonds is 6. The van der Waals surface area contributed by atoms with E-state index in [4.69, 9.17) is 4.74 Å². The molecule has 1 unspecified atom stereocenters. The van der Waals surface area contributed by atoms with Gasteiger partial charge in [0.1, 0.15) is 0 Å². The third-order valence-electron chi connectivity index (χ3n) is 4.48. The summed E-state index contributed by atoms with van der Waals surface area (Å²) < 4.78 is 7.04. The lowest BCUT2D eigenvalue weighted by atomic mass is 10.2. The Kier molecular flexibility index (Phi) is 6.07. The lowest BCUT2D eigenvalue weighted by molar-refractivity contribution is -0.139. The second-order valence-electron chi connectivity index (χ2n) is 6.97. The molecule has 3 rings (SSSR count). The molecule has 0 bridgehead atoms. The van der Waals surface area contributed by atoms with Crippen LogP contribution in [0.5, 0.6) is 0 Å². The predicted octanol–water partition coefficient (Wildman–Crippen LogP) is 3.09. The Hall–Kier alpha value is -3.48. The maximum Gasteiger partial charge on any atom is 0.340 e. The Morgan fingerprint density at radius 1 is 1.14 bits per heavy atom. The fourth-order valence-corrected chi connectivity index (χ4v) is 3.02. The van der Waals surface area contributed by atoms with Crippen molar-refractivity contribution < 1.29 is 14.3 Å². The van der Waals surface area contributed by atoms with Crippen LogP contribution >= 0.6 is 0 Å². The van der Waals surface area contributed by atoms with Crippen LogP contribution < -0.4 is 0 Å². The maximum absolute atomic E-state index is 12.5. The van der Waals surface area contributed by atoms with Crippen LogP contribution in [0, 0.1) is 13.8 Å². The number of carbonyl (C=O) groups is 2. The average molecular weight is 392 g/mol. The van der Waals surface area contributed by atoms with E-state index < -0.39 is 12.1 Å². The molecule has 0 aliphatic heterocycles. The zero-order valence-corrected chi connectivity index (χ0v) is 17.0. The van der Waals surface area contributed by atoms with Crippen molar-refractivity contribution in [2.24, 2.45) is 0 Å². The molecular weight excluding hydrogens is 368 g/mol. The first-order valence-corrected chi connectivity index (χ1v) is 9.34. The number of pyridine rings is 1. The highest BCUT2D eigenvalue weighted by Crippen LogP contribution is 2.12. The monoisotopic (exact) mass is 392 g/mol. The summed E-state index contributed by atoms with van der Waals surface area (Å²) >= 11 is 0. The number of aromatic nitrogens is 3. The summed E-state index contributed by atoms with van der Waals surface area (Å²) in [6.45, 7) is 5.85. The van der Waals surface area contributed by atoms with E-state index in [9.17, 15) is 9.59 Å². The molecule has 1 amide bonds. The third-order valence-corrected chi connectivity index (χ3v) is 4.48. The molecule has 0 aliphatic rings. The number of hydrogen-bond donors (Lipinski definition) is 0. The minimum Gasteiger partial charge on any atom is -0.449 e. The van der Waals surface area contributed by atoms with E-state index in [2.05, 4.69) is 10.1 Å². The molecule has 29 heavy (non-hydrogen) atoms. The number of esters is 1. The number of ether oxygens (including phenoxy) is 1. The molecule has 0 radical (unpaired) electrons. The van der Waals surface area contributed by atoms with E-state index in [1.54, 1.807) is 30.8 Å².